The highest BCUT2D eigenvalue weighted by Gasteiger charge is 2.32. The van der Waals surface area contributed by atoms with Gasteiger partial charge in [-0.25, -0.2) is 4.79 Å². The lowest BCUT2D eigenvalue weighted by Gasteiger charge is -2.39. The molecule has 2 atom stereocenters. The van der Waals surface area contributed by atoms with E-state index in [9.17, 15) is 4.79 Å². The predicted molar refractivity (Wildman–Crippen MR) is 139 cm³/mol. The summed E-state index contributed by atoms with van der Waals surface area (Å²) >= 11 is 0. The topological polar surface area (TPSA) is 53.6 Å². The Kier molecular flexibility index (Phi) is 7.86. The highest BCUT2D eigenvalue weighted by atomic mass is 16.5. The van der Waals surface area contributed by atoms with Crippen molar-refractivity contribution in [3.8, 4) is 5.75 Å². The van der Waals surface area contributed by atoms with Crippen molar-refractivity contribution in [1.82, 2.24) is 15.5 Å². The number of carbonyl (C=O) groups excluding carboxylic acids is 1. The molecular formula is C29H35N3O2. The van der Waals surface area contributed by atoms with Gasteiger partial charge in [0.2, 0.25) is 0 Å². The van der Waals surface area contributed by atoms with Gasteiger partial charge < -0.3 is 20.3 Å². The molecule has 2 aromatic rings. The van der Waals surface area contributed by atoms with E-state index < -0.39 is 0 Å². The quantitative estimate of drug-likeness (QED) is 0.545. The summed E-state index contributed by atoms with van der Waals surface area (Å²) < 4.78 is 6.02. The molecule has 5 nitrogen and oxygen atoms in total. The fourth-order valence-electron chi connectivity index (χ4n) is 5.02. The molecule has 1 saturated heterocycles. The van der Waals surface area contributed by atoms with Gasteiger partial charge in [0.15, 0.2) is 0 Å². The Bertz CT molecular complexity index is 1060. The van der Waals surface area contributed by atoms with Crippen LogP contribution >= 0.6 is 0 Å². The molecule has 2 heterocycles. The molecule has 0 bridgehead atoms. The van der Waals surface area contributed by atoms with Crippen LogP contribution in [0.3, 0.4) is 0 Å². The minimum Gasteiger partial charge on any atom is -0.493 e. The van der Waals surface area contributed by atoms with Crippen molar-refractivity contribution < 1.29 is 9.53 Å². The lowest BCUT2D eigenvalue weighted by molar-refractivity contribution is 0.165. The van der Waals surface area contributed by atoms with Crippen molar-refractivity contribution in [2.24, 2.45) is 0 Å². The average Bonchev–Trinajstić information content (AvgIpc) is 3.35. The number of likely N-dealkylation sites (tertiary alicyclic amines) is 1. The van der Waals surface area contributed by atoms with Crippen LogP contribution in [-0.2, 0) is 13.0 Å². The average molecular weight is 458 g/mol. The van der Waals surface area contributed by atoms with Crippen LogP contribution in [0.4, 0.5) is 4.79 Å². The molecule has 1 fully saturated rings. The molecule has 0 aromatic heterocycles. The molecule has 2 unspecified atom stereocenters. The summed E-state index contributed by atoms with van der Waals surface area (Å²) in [5, 5.41) is 6.77. The smallest absolute Gasteiger partial charge is 0.317 e. The minimum atomic E-state index is 0.0202. The van der Waals surface area contributed by atoms with Crippen LogP contribution in [0.5, 0.6) is 5.75 Å². The molecule has 2 aromatic carbocycles. The van der Waals surface area contributed by atoms with Crippen LogP contribution in [-0.4, -0.2) is 43.2 Å². The molecule has 2 aliphatic heterocycles. The molecule has 178 valence electrons. The molecule has 0 spiro atoms. The van der Waals surface area contributed by atoms with Crippen molar-refractivity contribution in [2.45, 2.75) is 38.3 Å². The first-order valence-corrected chi connectivity index (χ1v) is 12.2. The third kappa shape index (κ3) is 5.26. The van der Waals surface area contributed by atoms with E-state index in [1.807, 2.05) is 30.0 Å². The molecule has 5 heteroatoms. The van der Waals surface area contributed by atoms with Gasteiger partial charge in [0.25, 0.3) is 0 Å². The Balaban J connectivity index is 1.56. The van der Waals surface area contributed by atoms with E-state index in [0.717, 1.165) is 42.9 Å². The zero-order chi connectivity index (χ0) is 23.9. The van der Waals surface area contributed by atoms with Crippen LogP contribution in [0.1, 0.15) is 41.5 Å². The summed E-state index contributed by atoms with van der Waals surface area (Å²) in [6.45, 7) is 13.3. The Labute approximate surface area is 203 Å². The Hall–Kier alpha value is -3.31. The van der Waals surface area contributed by atoms with Gasteiger partial charge in [-0.1, -0.05) is 61.7 Å². The summed E-state index contributed by atoms with van der Waals surface area (Å²) in [6.07, 6.45) is 7.48. The van der Waals surface area contributed by atoms with Gasteiger partial charge in [-0.05, 0) is 47.7 Å². The van der Waals surface area contributed by atoms with E-state index >= 15 is 0 Å². The van der Waals surface area contributed by atoms with E-state index in [2.05, 4.69) is 60.2 Å². The zero-order valence-electron chi connectivity index (χ0n) is 20.1. The second-order valence-electron chi connectivity index (χ2n) is 8.86. The van der Waals surface area contributed by atoms with Crippen molar-refractivity contribution in [3.63, 3.8) is 0 Å². The fourth-order valence-corrected chi connectivity index (χ4v) is 5.02. The van der Waals surface area contributed by atoms with Crippen molar-refractivity contribution >= 4 is 11.6 Å². The third-order valence-electron chi connectivity index (χ3n) is 6.72. The van der Waals surface area contributed by atoms with Crippen molar-refractivity contribution in [1.29, 1.82) is 0 Å². The van der Waals surface area contributed by atoms with E-state index in [0.29, 0.717) is 19.6 Å². The maximum absolute atomic E-state index is 12.5. The number of hydrogen-bond acceptors (Lipinski definition) is 3. The maximum Gasteiger partial charge on any atom is 0.317 e. The Morgan fingerprint density at radius 3 is 2.79 bits per heavy atom. The van der Waals surface area contributed by atoms with Gasteiger partial charge >= 0.3 is 6.03 Å². The minimum absolute atomic E-state index is 0.0202. The van der Waals surface area contributed by atoms with Gasteiger partial charge in [0.05, 0.1) is 6.61 Å². The number of fused-ring (bicyclic) bond motifs is 1. The zero-order valence-corrected chi connectivity index (χ0v) is 20.1. The van der Waals surface area contributed by atoms with Gasteiger partial charge in [-0.15, -0.1) is 0 Å². The fraction of sp³-hybridized carbons (Fsp3) is 0.345. The largest absolute Gasteiger partial charge is 0.493 e. The number of hydrogen-bond donors (Lipinski definition) is 2. The summed E-state index contributed by atoms with van der Waals surface area (Å²) in [5.41, 5.74) is 5.87. The summed E-state index contributed by atoms with van der Waals surface area (Å²) in [7, 11) is 0. The molecule has 2 amide bonds. The first kappa shape index (κ1) is 23.8. The number of nitrogens with one attached hydrogen (secondary N) is 2. The van der Waals surface area contributed by atoms with Crippen LogP contribution in [0.25, 0.3) is 5.57 Å². The third-order valence-corrected chi connectivity index (χ3v) is 6.72. The highest BCUT2D eigenvalue weighted by molar-refractivity contribution is 5.76. The number of amides is 2. The van der Waals surface area contributed by atoms with Crippen molar-refractivity contribution in [3.05, 3.63) is 96.1 Å². The number of ether oxygens (including phenoxy) is 1. The summed E-state index contributed by atoms with van der Waals surface area (Å²) in [5.74, 6) is 1.23. The van der Waals surface area contributed by atoms with E-state index in [4.69, 9.17) is 4.74 Å². The molecule has 0 radical (unpaired) electrons. The SMILES string of the molecule is C=C/C=C(\C=C)c1cc2c(c(CNC3CCN(C(=O)NCC)CC3c3ccccc3)c1)OCC2. The van der Waals surface area contributed by atoms with Crippen molar-refractivity contribution in [2.75, 3.05) is 26.2 Å². The van der Waals surface area contributed by atoms with Gasteiger partial charge in [0, 0.05) is 50.1 Å². The number of piperidine rings is 1. The molecule has 2 N–H and O–H groups in total. The molecule has 2 aliphatic rings. The lowest BCUT2D eigenvalue weighted by Crippen LogP contribution is -2.52. The maximum atomic E-state index is 12.5. The molecule has 4 rings (SSSR count). The second kappa shape index (κ2) is 11.2. The monoisotopic (exact) mass is 457 g/mol. The molecule has 0 saturated carbocycles. The molecular weight excluding hydrogens is 422 g/mol. The first-order valence-electron chi connectivity index (χ1n) is 12.2. The Morgan fingerprint density at radius 2 is 2.06 bits per heavy atom. The number of carbonyl (C=O) groups is 1. The number of allylic oxidation sites excluding steroid dienone is 4. The van der Waals surface area contributed by atoms with Gasteiger partial charge in [-0.2, -0.15) is 0 Å². The first-order chi connectivity index (χ1) is 16.6. The standard InChI is InChI=1S/C29H35N3O2/c1-4-10-21(5-2)24-17-23-14-16-34-28(23)25(18-24)19-31-27-13-15-32(29(33)30-6-3)20-26(27)22-11-8-7-9-12-22/h4-5,7-12,17-18,26-27,31H,1-2,6,13-16,19-20H2,3H3,(H,30,33)/b21-10+. The lowest BCUT2D eigenvalue weighted by atomic mass is 9.85. The summed E-state index contributed by atoms with van der Waals surface area (Å²) in [6, 6.07) is 15.2. The van der Waals surface area contributed by atoms with Crippen LogP contribution in [0.15, 0.2) is 73.9 Å². The number of rotatable bonds is 8. The number of benzene rings is 2. The Morgan fingerprint density at radius 1 is 1.24 bits per heavy atom. The summed E-state index contributed by atoms with van der Waals surface area (Å²) in [4.78, 5) is 14.5. The molecule has 0 aliphatic carbocycles. The van der Waals surface area contributed by atoms with E-state index in [1.165, 1.54) is 16.7 Å². The van der Waals surface area contributed by atoms with Crippen LogP contribution in [0, 0.1) is 0 Å². The highest BCUT2D eigenvalue weighted by Crippen LogP contribution is 2.34. The number of urea groups is 1. The normalized spacial score (nSPS) is 19.8. The van der Waals surface area contributed by atoms with Gasteiger partial charge in [0.1, 0.15) is 5.75 Å². The van der Waals surface area contributed by atoms with Crippen LogP contribution in [0.2, 0.25) is 0 Å². The van der Waals surface area contributed by atoms with E-state index in [1.54, 1.807) is 6.08 Å². The number of nitrogens with zero attached hydrogens (tertiary/aromatic N) is 1. The van der Waals surface area contributed by atoms with E-state index in [-0.39, 0.29) is 18.0 Å². The van der Waals surface area contributed by atoms with Crippen LogP contribution < -0.4 is 15.4 Å². The molecule has 34 heavy (non-hydrogen) atoms. The van der Waals surface area contributed by atoms with Gasteiger partial charge in [-0.3, -0.25) is 0 Å². The second-order valence-corrected chi connectivity index (χ2v) is 8.86. The predicted octanol–water partition coefficient (Wildman–Crippen LogP) is 5.05.